The molecule has 0 aromatic carbocycles. The molecule has 0 spiro atoms. The van der Waals surface area contributed by atoms with Crippen LogP contribution in [0.25, 0.3) is 0 Å². The van der Waals surface area contributed by atoms with Crippen molar-refractivity contribution in [3.8, 4) is 0 Å². The van der Waals surface area contributed by atoms with Gasteiger partial charge in [-0.3, -0.25) is 4.79 Å². The zero-order valence-corrected chi connectivity index (χ0v) is 11.2. The standard InChI is InChI=1S/C12H19N3OS/c1-3-9-5-4-8(2)15(9)12(16)10-7-17-11(6-13)14-10/h7-9H,3-6,13H2,1-2H3. The van der Waals surface area contributed by atoms with Crippen LogP contribution in [-0.4, -0.2) is 27.9 Å². The van der Waals surface area contributed by atoms with Crippen molar-refractivity contribution in [3.05, 3.63) is 16.1 Å². The van der Waals surface area contributed by atoms with Gasteiger partial charge in [-0.25, -0.2) is 4.98 Å². The van der Waals surface area contributed by atoms with Crippen LogP contribution in [0.2, 0.25) is 0 Å². The molecule has 1 fully saturated rings. The van der Waals surface area contributed by atoms with E-state index in [1.165, 1.54) is 11.3 Å². The van der Waals surface area contributed by atoms with Crippen LogP contribution in [0.15, 0.2) is 5.38 Å². The molecule has 2 atom stereocenters. The summed E-state index contributed by atoms with van der Waals surface area (Å²) in [6.07, 6.45) is 3.22. The van der Waals surface area contributed by atoms with Crippen LogP contribution in [-0.2, 0) is 6.54 Å². The fraction of sp³-hybridized carbons (Fsp3) is 0.667. The molecule has 0 bridgehead atoms. The molecule has 2 N–H and O–H groups in total. The fourth-order valence-electron chi connectivity index (χ4n) is 2.47. The number of likely N-dealkylation sites (tertiary alicyclic amines) is 1. The Morgan fingerprint density at radius 1 is 1.65 bits per heavy atom. The molecule has 1 aromatic rings. The van der Waals surface area contributed by atoms with E-state index < -0.39 is 0 Å². The van der Waals surface area contributed by atoms with Gasteiger partial charge >= 0.3 is 0 Å². The molecule has 2 heterocycles. The highest BCUT2D eigenvalue weighted by Gasteiger charge is 2.34. The summed E-state index contributed by atoms with van der Waals surface area (Å²) in [6.45, 7) is 4.66. The van der Waals surface area contributed by atoms with Gasteiger partial charge in [-0.2, -0.15) is 0 Å². The zero-order chi connectivity index (χ0) is 12.4. The first kappa shape index (κ1) is 12.5. The Balaban J connectivity index is 2.18. The number of nitrogens with zero attached hydrogens (tertiary/aromatic N) is 2. The first-order chi connectivity index (χ1) is 8.17. The van der Waals surface area contributed by atoms with E-state index in [9.17, 15) is 4.79 Å². The zero-order valence-electron chi connectivity index (χ0n) is 10.3. The van der Waals surface area contributed by atoms with Gasteiger partial charge in [0.2, 0.25) is 0 Å². The van der Waals surface area contributed by atoms with E-state index in [4.69, 9.17) is 5.73 Å². The summed E-state index contributed by atoms with van der Waals surface area (Å²) in [4.78, 5) is 18.7. The number of carbonyl (C=O) groups excluding carboxylic acids is 1. The Hall–Kier alpha value is -0.940. The van der Waals surface area contributed by atoms with Gasteiger partial charge in [0, 0.05) is 24.0 Å². The number of rotatable bonds is 3. The van der Waals surface area contributed by atoms with Crippen LogP contribution >= 0.6 is 11.3 Å². The van der Waals surface area contributed by atoms with Crippen molar-refractivity contribution in [3.63, 3.8) is 0 Å². The largest absolute Gasteiger partial charge is 0.332 e. The van der Waals surface area contributed by atoms with E-state index in [2.05, 4.69) is 18.8 Å². The Bertz CT molecular complexity index is 404. The van der Waals surface area contributed by atoms with Crippen LogP contribution in [0.1, 0.15) is 48.6 Å². The van der Waals surface area contributed by atoms with Gasteiger partial charge in [0.15, 0.2) is 0 Å². The second-order valence-electron chi connectivity index (χ2n) is 4.53. The molecule has 1 aliphatic heterocycles. The third-order valence-corrected chi connectivity index (χ3v) is 4.31. The second kappa shape index (κ2) is 5.14. The molecule has 1 aliphatic rings. The molecule has 4 nitrogen and oxygen atoms in total. The van der Waals surface area contributed by atoms with Gasteiger partial charge in [0.25, 0.3) is 5.91 Å². The van der Waals surface area contributed by atoms with Crippen LogP contribution < -0.4 is 5.73 Å². The minimum atomic E-state index is 0.0674. The van der Waals surface area contributed by atoms with Crippen molar-refractivity contribution in [1.82, 2.24) is 9.88 Å². The highest BCUT2D eigenvalue weighted by molar-refractivity contribution is 7.09. The quantitative estimate of drug-likeness (QED) is 0.896. The summed E-state index contributed by atoms with van der Waals surface area (Å²) in [5.41, 5.74) is 6.08. The molecular formula is C12H19N3OS. The van der Waals surface area contributed by atoms with Gasteiger partial charge < -0.3 is 10.6 Å². The molecule has 5 heteroatoms. The van der Waals surface area contributed by atoms with Gasteiger partial charge in [0.05, 0.1) is 0 Å². The van der Waals surface area contributed by atoms with Gasteiger partial charge in [-0.15, -0.1) is 11.3 Å². The van der Waals surface area contributed by atoms with Gasteiger partial charge in [0.1, 0.15) is 10.7 Å². The summed E-state index contributed by atoms with van der Waals surface area (Å²) >= 11 is 1.46. The third-order valence-electron chi connectivity index (χ3n) is 3.44. The minimum absolute atomic E-state index is 0.0674. The maximum atomic E-state index is 12.4. The summed E-state index contributed by atoms with van der Waals surface area (Å²) in [5, 5.41) is 2.65. The summed E-state index contributed by atoms with van der Waals surface area (Å²) in [7, 11) is 0. The third kappa shape index (κ3) is 2.35. The van der Waals surface area contributed by atoms with Crippen molar-refractivity contribution in [2.45, 2.75) is 51.7 Å². The van der Waals surface area contributed by atoms with Gasteiger partial charge in [-0.05, 0) is 26.2 Å². The molecule has 94 valence electrons. The number of hydrogen-bond acceptors (Lipinski definition) is 4. The minimum Gasteiger partial charge on any atom is -0.332 e. The average Bonchev–Trinajstić information content (AvgIpc) is 2.94. The molecular weight excluding hydrogens is 234 g/mol. The Morgan fingerprint density at radius 3 is 3.00 bits per heavy atom. The van der Waals surface area contributed by atoms with E-state index in [-0.39, 0.29) is 5.91 Å². The van der Waals surface area contributed by atoms with E-state index >= 15 is 0 Å². The number of aromatic nitrogens is 1. The van der Waals surface area contributed by atoms with Crippen molar-refractivity contribution >= 4 is 17.2 Å². The predicted molar refractivity (Wildman–Crippen MR) is 68.9 cm³/mol. The van der Waals surface area contributed by atoms with E-state index in [1.807, 2.05) is 10.3 Å². The lowest BCUT2D eigenvalue weighted by molar-refractivity contribution is 0.0671. The number of thiazole rings is 1. The van der Waals surface area contributed by atoms with Crippen LogP contribution in [0, 0.1) is 0 Å². The normalized spacial score (nSPS) is 24.3. The maximum Gasteiger partial charge on any atom is 0.273 e. The molecule has 17 heavy (non-hydrogen) atoms. The monoisotopic (exact) mass is 253 g/mol. The molecule has 0 aliphatic carbocycles. The maximum absolute atomic E-state index is 12.4. The van der Waals surface area contributed by atoms with Crippen molar-refractivity contribution < 1.29 is 4.79 Å². The van der Waals surface area contributed by atoms with E-state index in [0.717, 1.165) is 24.3 Å². The van der Waals surface area contributed by atoms with Crippen molar-refractivity contribution in [1.29, 1.82) is 0 Å². The Morgan fingerprint density at radius 2 is 2.41 bits per heavy atom. The molecule has 1 saturated heterocycles. The van der Waals surface area contributed by atoms with Crippen LogP contribution in [0.4, 0.5) is 0 Å². The van der Waals surface area contributed by atoms with Gasteiger partial charge in [-0.1, -0.05) is 6.92 Å². The number of amides is 1. The highest BCUT2D eigenvalue weighted by atomic mass is 32.1. The lowest BCUT2D eigenvalue weighted by Gasteiger charge is -2.27. The number of nitrogens with two attached hydrogens (primary N) is 1. The molecule has 0 radical (unpaired) electrons. The first-order valence-electron chi connectivity index (χ1n) is 6.14. The second-order valence-corrected chi connectivity index (χ2v) is 5.47. The molecule has 1 aromatic heterocycles. The summed E-state index contributed by atoms with van der Waals surface area (Å²) in [5.74, 6) is 0.0674. The van der Waals surface area contributed by atoms with Crippen molar-refractivity contribution in [2.75, 3.05) is 0 Å². The predicted octanol–water partition coefficient (Wildman–Crippen LogP) is 2.00. The lowest BCUT2D eigenvalue weighted by Crippen LogP contribution is -2.39. The molecule has 1 amide bonds. The summed E-state index contributed by atoms with van der Waals surface area (Å²) in [6, 6.07) is 0.705. The van der Waals surface area contributed by atoms with Crippen molar-refractivity contribution in [2.24, 2.45) is 5.73 Å². The first-order valence-corrected chi connectivity index (χ1v) is 7.02. The SMILES string of the molecule is CCC1CCC(C)N1C(=O)c1csc(CN)n1. The Labute approximate surface area is 106 Å². The van der Waals surface area contributed by atoms with E-state index in [1.54, 1.807) is 0 Å². The lowest BCUT2D eigenvalue weighted by atomic mass is 10.1. The molecule has 0 saturated carbocycles. The smallest absolute Gasteiger partial charge is 0.273 e. The molecule has 2 rings (SSSR count). The highest BCUT2D eigenvalue weighted by Crippen LogP contribution is 2.28. The average molecular weight is 253 g/mol. The fourth-order valence-corrected chi connectivity index (χ4v) is 3.12. The number of hydrogen-bond donors (Lipinski definition) is 1. The number of carbonyl (C=O) groups is 1. The topological polar surface area (TPSA) is 59.2 Å². The summed E-state index contributed by atoms with van der Waals surface area (Å²) < 4.78 is 0. The molecule has 2 unspecified atom stereocenters. The van der Waals surface area contributed by atoms with E-state index in [0.29, 0.717) is 24.3 Å². The van der Waals surface area contributed by atoms with Crippen LogP contribution in [0.3, 0.4) is 0 Å². The Kier molecular flexibility index (Phi) is 3.79. The van der Waals surface area contributed by atoms with Crippen LogP contribution in [0.5, 0.6) is 0 Å².